The number of aryl methyl sites for hydroxylation is 3. The number of imidazole rings is 1. The lowest BCUT2D eigenvalue weighted by Crippen LogP contribution is -2.37. The van der Waals surface area contributed by atoms with Gasteiger partial charge in [-0.05, 0) is 24.6 Å². The van der Waals surface area contributed by atoms with E-state index in [1.54, 1.807) is 30.8 Å². The first-order chi connectivity index (χ1) is 12.7. The molecule has 0 radical (unpaired) electrons. The van der Waals surface area contributed by atoms with Gasteiger partial charge >= 0.3 is 5.69 Å². The number of hydrogen-bond donors (Lipinski definition) is 1. The van der Waals surface area contributed by atoms with E-state index in [1.807, 2.05) is 13.0 Å². The highest BCUT2D eigenvalue weighted by Crippen LogP contribution is 2.22. The summed E-state index contributed by atoms with van der Waals surface area (Å²) in [5.41, 5.74) is 1.25. The van der Waals surface area contributed by atoms with Crippen molar-refractivity contribution in [2.75, 3.05) is 11.1 Å². The summed E-state index contributed by atoms with van der Waals surface area (Å²) >= 11 is 7.24. The smallest absolute Gasteiger partial charge is 0.325 e. The summed E-state index contributed by atoms with van der Waals surface area (Å²) in [6, 6.07) is 5.29. The largest absolute Gasteiger partial charge is 0.332 e. The van der Waals surface area contributed by atoms with Crippen molar-refractivity contribution in [3.8, 4) is 0 Å². The van der Waals surface area contributed by atoms with Crippen LogP contribution in [0.3, 0.4) is 0 Å². The van der Waals surface area contributed by atoms with Gasteiger partial charge in [-0.25, -0.2) is 9.78 Å². The highest BCUT2D eigenvalue weighted by atomic mass is 35.5. The number of carbonyl (C=O) groups is 1. The van der Waals surface area contributed by atoms with E-state index in [2.05, 4.69) is 10.3 Å². The summed E-state index contributed by atoms with van der Waals surface area (Å²) in [7, 11) is 4.69. The molecule has 0 saturated heterocycles. The van der Waals surface area contributed by atoms with Gasteiger partial charge in [-0.1, -0.05) is 29.4 Å². The zero-order valence-corrected chi connectivity index (χ0v) is 16.8. The van der Waals surface area contributed by atoms with Crippen LogP contribution in [-0.2, 0) is 25.9 Å². The molecule has 0 spiro atoms. The van der Waals surface area contributed by atoms with Crippen LogP contribution < -0.4 is 16.6 Å². The van der Waals surface area contributed by atoms with Gasteiger partial charge in [-0.3, -0.25) is 18.7 Å². The van der Waals surface area contributed by atoms with Gasteiger partial charge in [-0.2, -0.15) is 0 Å². The number of benzene rings is 1. The first kappa shape index (κ1) is 19.2. The number of aromatic nitrogens is 4. The van der Waals surface area contributed by atoms with Crippen LogP contribution in [0.5, 0.6) is 0 Å². The molecule has 0 aliphatic rings. The molecule has 1 aromatic carbocycles. The average molecular weight is 408 g/mol. The summed E-state index contributed by atoms with van der Waals surface area (Å²) in [5, 5.41) is 3.82. The predicted octanol–water partition coefficient (Wildman–Crippen LogP) is 1.66. The predicted molar refractivity (Wildman–Crippen MR) is 107 cm³/mol. The molecular formula is C17H18ClN5O3S. The number of carbonyl (C=O) groups excluding carboxylic acids is 1. The molecular weight excluding hydrogens is 390 g/mol. The van der Waals surface area contributed by atoms with Crippen LogP contribution >= 0.6 is 23.4 Å². The lowest BCUT2D eigenvalue weighted by atomic mass is 10.2. The van der Waals surface area contributed by atoms with Gasteiger partial charge in [-0.15, -0.1) is 0 Å². The second-order valence-corrected chi connectivity index (χ2v) is 7.48. The van der Waals surface area contributed by atoms with Crippen LogP contribution in [0, 0.1) is 6.92 Å². The summed E-state index contributed by atoms with van der Waals surface area (Å²) in [5.74, 6) is -0.134. The topological polar surface area (TPSA) is 90.9 Å². The summed E-state index contributed by atoms with van der Waals surface area (Å²) in [4.78, 5) is 40.9. The molecule has 8 nitrogen and oxygen atoms in total. The molecule has 0 atom stereocenters. The van der Waals surface area contributed by atoms with Crippen LogP contribution in [0.25, 0.3) is 11.2 Å². The molecule has 0 bridgehead atoms. The number of nitrogens with one attached hydrogen (secondary N) is 1. The van der Waals surface area contributed by atoms with Crippen LogP contribution in [-0.4, -0.2) is 30.3 Å². The fourth-order valence-electron chi connectivity index (χ4n) is 2.69. The Kier molecular flexibility index (Phi) is 5.16. The highest BCUT2D eigenvalue weighted by Gasteiger charge is 2.18. The maximum absolute atomic E-state index is 12.3. The Labute approximate surface area is 163 Å². The van der Waals surface area contributed by atoms with E-state index >= 15 is 0 Å². The summed E-state index contributed by atoms with van der Waals surface area (Å²) < 4.78 is 4.01. The van der Waals surface area contributed by atoms with E-state index in [4.69, 9.17) is 11.6 Å². The Morgan fingerprint density at radius 1 is 1.19 bits per heavy atom. The average Bonchev–Trinajstić information content (AvgIpc) is 2.96. The highest BCUT2D eigenvalue weighted by molar-refractivity contribution is 7.99. The lowest BCUT2D eigenvalue weighted by Gasteiger charge is -2.07. The van der Waals surface area contributed by atoms with Crippen molar-refractivity contribution < 1.29 is 4.79 Å². The van der Waals surface area contributed by atoms with Gasteiger partial charge in [0, 0.05) is 31.9 Å². The van der Waals surface area contributed by atoms with Crippen molar-refractivity contribution in [1.82, 2.24) is 18.7 Å². The second kappa shape index (κ2) is 7.24. The van der Waals surface area contributed by atoms with Crippen molar-refractivity contribution in [1.29, 1.82) is 0 Å². The normalized spacial score (nSPS) is 11.1. The number of fused-ring (bicyclic) bond motifs is 1. The van der Waals surface area contributed by atoms with Crippen molar-refractivity contribution in [3.05, 3.63) is 49.6 Å². The molecule has 2 heterocycles. The summed E-state index contributed by atoms with van der Waals surface area (Å²) in [6.07, 6.45) is 0. The maximum atomic E-state index is 12.3. The molecule has 0 unspecified atom stereocenters. The fraction of sp³-hybridized carbons (Fsp3) is 0.294. The third-order valence-electron chi connectivity index (χ3n) is 4.21. The lowest BCUT2D eigenvalue weighted by molar-refractivity contribution is -0.113. The summed E-state index contributed by atoms with van der Waals surface area (Å²) in [6.45, 7) is 1.88. The number of halogens is 1. The number of nitrogens with zero attached hydrogens (tertiary/aromatic N) is 4. The van der Waals surface area contributed by atoms with Gasteiger partial charge in [0.25, 0.3) is 5.56 Å². The number of amides is 1. The molecule has 0 saturated carbocycles. The second-order valence-electron chi connectivity index (χ2n) is 6.13. The molecule has 0 aliphatic carbocycles. The van der Waals surface area contributed by atoms with Gasteiger partial charge in [0.2, 0.25) is 5.91 Å². The van der Waals surface area contributed by atoms with Crippen molar-refractivity contribution >= 4 is 46.1 Å². The SMILES string of the molecule is Cc1ccc(NC(=O)CSc2nc3c(=O)n(C)c(=O)n(C)c3n2C)cc1Cl. The van der Waals surface area contributed by atoms with Crippen molar-refractivity contribution in [3.63, 3.8) is 0 Å². The van der Waals surface area contributed by atoms with E-state index in [1.165, 1.54) is 23.4 Å². The van der Waals surface area contributed by atoms with Crippen LogP contribution in [0.2, 0.25) is 5.02 Å². The molecule has 142 valence electrons. The first-order valence-electron chi connectivity index (χ1n) is 8.02. The van der Waals surface area contributed by atoms with Gasteiger partial charge in [0.1, 0.15) is 0 Å². The van der Waals surface area contributed by atoms with Crippen molar-refractivity contribution in [2.24, 2.45) is 21.1 Å². The molecule has 1 amide bonds. The molecule has 3 aromatic rings. The minimum atomic E-state index is -0.464. The van der Waals surface area contributed by atoms with Crippen LogP contribution in [0.15, 0.2) is 32.9 Å². The van der Waals surface area contributed by atoms with Crippen LogP contribution in [0.1, 0.15) is 5.56 Å². The first-order valence-corrected chi connectivity index (χ1v) is 9.38. The molecule has 10 heteroatoms. The zero-order valence-electron chi connectivity index (χ0n) is 15.2. The number of rotatable bonds is 4. The Balaban J connectivity index is 1.82. The minimum absolute atomic E-state index is 0.0942. The molecule has 27 heavy (non-hydrogen) atoms. The van der Waals surface area contributed by atoms with E-state index in [-0.39, 0.29) is 17.2 Å². The molecule has 2 aromatic heterocycles. The molecule has 3 rings (SSSR count). The van der Waals surface area contributed by atoms with Crippen LogP contribution in [0.4, 0.5) is 5.69 Å². The fourth-order valence-corrected chi connectivity index (χ4v) is 3.63. The van der Waals surface area contributed by atoms with Gasteiger partial charge < -0.3 is 9.88 Å². The Morgan fingerprint density at radius 3 is 2.56 bits per heavy atom. The standard InChI is InChI=1S/C17H18ClN5O3S/c1-9-5-6-10(7-11(9)18)19-12(24)8-27-16-20-13-14(21(16)2)22(3)17(26)23(4)15(13)25/h5-7H,8H2,1-4H3,(H,19,24). The Hall–Kier alpha value is -2.52. The van der Waals surface area contributed by atoms with E-state index < -0.39 is 11.2 Å². The van der Waals surface area contributed by atoms with E-state index in [0.717, 1.165) is 10.1 Å². The Morgan fingerprint density at radius 2 is 1.89 bits per heavy atom. The molecule has 1 N–H and O–H groups in total. The number of anilines is 1. The molecule has 0 aliphatic heterocycles. The Bertz CT molecular complexity index is 1180. The van der Waals surface area contributed by atoms with E-state index in [0.29, 0.717) is 21.5 Å². The van der Waals surface area contributed by atoms with Gasteiger partial charge in [0.05, 0.1) is 5.75 Å². The quantitative estimate of drug-likeness (QED) is 0.664. The monoisotopic (exact) mass is 407 g/mol. The van der Waals surface area contributed by atoms with Gasteiger partial charge in [0.15, 0.2) is 16.3 Å². The minimum Gasteiger partial charge on any atom is -0.325 e. The number of thioether (sulfide) groups is 1. The molecule has 0 fully saturated rings. The third-order valence-corrected chi connectivity index (χ3v) is 5.65. The van der Waals surface area contributed by atoms with Crippen molar-refractivity contribution in [2.45, 2.75) is 12.1 Å². The third kappa shape index (κ3) is 3.52. The number of hydrogen-bond acceptors (Lipinski definition) is 5. The zero-order chi connectivity index (χ0) is 19.9. The maximum Gasteiger partial charge on any atom is 0.332 e. The van der Waals surface area contributed by atoms with E-state index in [9.17, 15) is 14.4 Å².